The van der Waals surface area contributed by atoms with Gasteiger partial charge in [0.2, 0.25) is 0 Å². The highest BCUT2D eigenvalue weighted by molar-refractivity contribution is 6.05. The van der Waals surface area contributed by atoms with E-state index in [2.05, 4.69) is 5.16 Å². The molecule has 1 N–H and O–H groups in total. The number of rotatable bonds is 0. The van der Waals surface area contributed by atoms with E-state index in [1.165, 1.54) is 0 Å². The number of oxime groups is 1. The molecule has 1 aliphatic heterocycles. The molecule has 0 spiro atoms. The first-order valence-electron chi connectivity index (χ1n) is 5.11. The summed E-state index contributed by atoms with van der Waals surface area (Å²) in [6.45, 7) is 5.99. The third kappa shape index (κ3) is 1.58. The quantitative estimate of drug-likeness (QED) is 0.522. The van der Waals surface area contributed by atoms with Crippen LogP contribution in [-0.4, -0.2) is 17.0 Å². The maximum absolute atomic E-state index is 9.00. The number of hydrogen-bond acceptors (Lipinski definition) is 3. The predicted octanol–water partition coefficient (Wildman–Crippen LogP) is 2.65. The minimum absolute atomic E-state index is 0.0731. The third-order valence-corrected chi connectivity index (χ3v) is 2.77. The van der Waals surface area contributed by atoms with Crippen LogP contribution in [0.5, 0.6) is 5.75 Å². The minimum atomic E-state index is 0.0731. The van der Waals surface area contributed by atoms with Crippen LogP contribution >= 0.6 is 0 Å². The van der Waals surface area contributed by atoms with Gasteiger partial charge in [-0.2, -0.15) is 0 Å². The first-order valence-corrected chi connectivity index (χ1v) is 5.11. The zero-order chi connectivity index (χ0) is 11.0. The summed E-state index contributed by atoms with van der Waals surface area (Å²) in [4.78, 5) is 0. The van der Waals surface area contributed by atoms with E-state index in [4.69, 9.17) is 9.94 Å². The molecular weight excluding hydrogens is 190 g/mol. The molecule has 80 valence electrons. The van der Waals surface area contributed by atoms with Gasteiger partial charge in [-0.15, -0.1) is 0 Å². The Hall–Kier alpha value is -1.51. The van der Waals surface area contributed by atoms with Crippen LogP contribution in [-0.2, 0) is 0 Å². The maximum atomic E-state index is 9.00. The molecule has 0 aromatic heterocycles. The summed E-state index contributed by atoms with van der Waals surface area (Å²) < 4.78 is 5.78. The third-order valence-electron chi connectivity index (χ3n) is 2.77. The van der Waals surface area contributed by atoms with Crippen LogP contribution in [0.2, 0.25) is 0 Å². The van der Waals surface area contributed by atoms with Crippen LogP contribution in [0.4, 0.5) is 0 Å². The molecule has 0 saturated carbocycles. The van der Waals surface area contributed by atoms with Gasteiger partial charge in [-0.25, -0.2) is 0 Å². The van der Waals surface area contributed by atoms with Gasteiger partial charge in [0.1, 0.15) is 11.9 Å². The summed E-state index contributed by atoms with van der Waals surface area (Å²) in [5.41, 5.74) is 3.86. The molecule has 1 aromatic carbocycles. The van der Waals surface area contributed by atoms with Gasteiger partial charge in [-0.1, -0.05) is 17.3 Å². The lowest BCUT2D eigenvalue weighted by atomic mass is 9.94. The predicted molar refractivity (Wildman–Crippen MR) is 58.9 cm³/mol. The SMILES string of the molecule is Cc1ccc(C)c2c1OC(C)C/C2=N/O. The summed E-state index contributed by atoms with van der Waals surface area (Å²) in [6.07, 6.45) is 0.734. The van der Waals surface area contributed by atoms with Gasteiger partial charge in [0.05, 0.1) is 5.71 Å². The molecule has 0 bridgehead atoms. The fraction of sp³-hybridized carbons (Fsp3) is 0.417. The molecule has 3 heteroatoms. The van der Waals surface area contributed by atoms with E-state index in [-0.39, 0.29) is 6.10 Å². The zero-order valence-corrected chi connectivity index (χ0v) is 9.24. The highest BCUT2D eigenvalue weighted by Gasteiger charge is 2.25. The van der Waals surface area contributed by atoms with Gasteiger partial charge in [0.25, 0.3) is 0 Å². The van der Waals surface area contributed by atoms with Crippen molar-refractivity contribution in [3.8, 4) is 5.75 Å². The van der Waals surface area contributed by atoms with Crippen molar-refractivity contribution >= 4 is 5.71 Å². The summed E-state index contributed by atoms with van der Waals surface area (Å²) in [5.74, 6) is 0.863. The van der Waals surface area contributed by atoms with Crippen LogP contribution in [0.15, 0.2) is 17.3 Å². The van der Waals surface area contributed by atoms with Gasteiger partial charge in [0.15, 0.2) is 0 Å². The van der Waals surface area contributed by atoms with Gasteiger partial charge in [-0.05, 0) is 31.9 Å². The van der Waals surface area contributed by atoms with Crippen LogP contribution in [0.25, 0.3) is 0 Å². The van der Waals surface area contributed by atoms with Crippen LogP contribution in [0, 0.1) is 13.8 Å². The van der Waals surface area contributed by atoms with Gasteiger partial charge >= 0.3 is 0 Å². The number of aryl methyl sites for hydroxylation is 2. The molecule has 1 aliphatic rings. The van der Waals surface area contributed by atoms with E-state index < -0.39 is 0 Å². The maximum Gasteiger partial charge on any atom is 0.132 e. The molecule has 3 nitrogen and oxygen atoms in total. The number of hydrogen-bond donors (Lipinski definition) is 1. The molecular formula is C12H15NO2. The lowest BCUT2D eigenvalue weighted by molar-refractivity contribution is 0.216. The van der Waals surface area contributed by atoms with E-state index in [1.54, 1.807) is 0 Å². The van der Waals surface area contributed by atoms with Crippen molar-refractivity contribution in [3.05, 3.63) is 28.8 Å². The number of ether oxygens (including phenoxy) is 1. The second-order valence-corrected chi connectivity index (χ2v) is 4.08. The van der Waals surface area contributed by atoms with E-state index in [0.29, 0.717) is 6.42 Å². The Morgan fingerprint density at radius 1 is 1.33 bits per heavy atom. The molecule has 1 unspecified atom stereocenters. The Bertz CT molecular complexity index is 424. The summed E-state index contributed by atoms with van der Waals surface area (Å²) in [7, 11) is 0. The second kappa shape index (κ2) is 3.57. The van der Waals surface area contributed by atoms with E-state index >= 15 is 0 Å². The molecule has 1 heterocycles. The lowest BCUT2D eigenvalue weighted by Crippen LogP contribution is -2.26. The molecule has 15 heavy (non-hydrogen) atoms. The van der Waals surface area contributed by atoms with Crippen molar-refractivity contribution in [2.45, 2.75) is 33.3 Å². The summed E-state index contributed by atoms with van der Waals surface area (Å²) >= 11 is 0. The monoisotopic (exact) mass is 205 g/mol. The lowest BCUT2D eigenvalue weighted by Gasteiger charge is -2.26. The van der Waals surface area contributed by atoms with E-state index in [0.717, 1.165) is 28.2 Å². The smallest absolute Gasteiger partial charge is 0.132 e. The molecule has 0 radical (unpaired) electrons. The zero-order valence-electron chi connectivity index (χ0n) is 9.24. The largest absolute Gasteiger partial charge is 0.489 e. The van der Waals surface area contributed by atoms with Crippen LogP contribution < -0.4 is 4.74 Å². The Kier molecular flexibility index (Phi) is 2.39. The first-order chi connectivity index (χ1) is 7.13. The number of nitrogens with zero attached hydrogens (tertiary/aromatic N) is 1. The summed E-state index contributed by atoms with van der Waals surface area (Å²) in [5, 5.41) is 12.4. The average Bonchev–Trinajstić information content (AvgIpc) is 2.22. The van der Waals surface area contributed by atoms with Crippen molar-refractivity contribution in [2.24, 2.45) is 5.16 Å². The standard InChI is InChI=1S/C12H15NO2/c1-7-4-5-8(2)12-11(7)10(13-14)6-9(3)15-12/h4-5,9,14H,6H2,1-3H3/b13-10-. The number of fused-ring (bicyclic) bond motifs is 1. The van der Waals surface area contributed by atoms with Crippen LogP contribution in [0.1, 0.15) is 30.0 Å². The molecule has 0 fully saturated rings. The molecule has 0 aliphatic carbocycles. The molecule has 2 rings (SSSR count). The second-order valence-electron chi connectivity index (χ2n) is 4.08. The molecule has 1 aromatic rings. The fourth-order valence-corrected chi connectivity index (χ4v) is 2.00. The normalized spacial score (nSPS) is 22.3. The topological polar surface area (TPSA) is 41.8 Å². The van der Waals surface area contributed by atoms with Crippen molar-refractivity contribution in [3.63, 3.8) is 0 Å². The van der Waals surface area contributed by atoms with Crippen molar-refractivity contribution in [1.29, 1.82) is 0 Å². The van der Waals surface area contributed by atoms with Gasteiger partial charge in [-0.3, -0.25) is 0 Å². The fourth-order valence-electron chi connectivity index (χ4n) is 2.00. The first kappa shape index (κ1) is 10.0. The Morgan fingerprint density at radius 3 is 2.67 bits per heavy atom. The number of benzene rings is 1. The van der Waals surface area contributed by atoms with E-state index in [9.17, 15) is 0 Å². The highest BCUT2D eigenvalue weighted by Crippen LogP contribution is 2.33. The molecule has 1 atom stereocenters. The van der Waals surface area contributed by atoms with Crippen LogP contribution in [0.3, 0.4) is 0 Å². The summed E-state index contributed by atoms with van der Waals surface area (Å²) in [6, 6.07) is 4.06. The Labute approximate surface area is 89.4 Å². The average molecular weight is 205 g/mol. The Morgan fingerprint density at radius 2 is 2.00 bits per heavy atom. The Balaban J connectivity index is 2.65. The minimum Gasteiger partial charge on any atom is -0.489 e. The van der Waals surface area contributed by atoms with Crippen molar-refractivity contribution in [2.75, 3.05) is 0 Å². The van der Waals surface area contributed by atoms with E-state index in [1.807, 2.05) is 32.9 Å². The van der Waals surface area contributed by atoms with Gasteiger partial charge in [0, 0.05) is 12.0 Å². The van der Waals surface area contributed by atoms with Crippen molar-refractivity contribution in [1.82, 2.24) is 0 Å². The highest BCUT2D eigenvalue weighted by atomic mass is 16.5. The van der Waals surface area contributed by atoms with Crippen molar-refractivity contribution < 1.29 is 9.94 Å². The van der Waals surface area contributed by atoms with Gasteiger partial charge < -0.3 is 9.94 Å². The molecule has 0 amide bonds. The molecule has 0 saturated heterocycles.